The highest BCUT2D eigenvalue weighted by Crippen LogP contribution is 2.40. The standard InChI is InChI=1S/C34H34N2O/c1-25-17-19-28(20-18-25)23-36-24-32(30-15-9-10-16-33(30)36)31(26(2)29-13-7-4-8-14-29)21-34(37)35-22-27-11-5-3-6-12-27/h3-20,24,26,31H,21-23H2,1-2H3,(H,35,37)/t26-,31-/m0/s1. The highest BCUT2D eigenvalue weighted by atomic mass is 16.1. The second kappa shape index (κ2) is 11.3. The molecule has 0 unspecified atom stereocenters. The molecule has 1 aromatic heterocycles. The fourth-order valence-electron chi connectivity index (χ4n) is 5.21. The Morgan fingerprint density at radius 1 is 0.784 bits per heavy atom. The Hall–Kier alpha value is -4.11. The van der Waals surface area contributed by atoms with E-state index in [-0.39, 0.29) is 17.7 Å². The van der Waals surface area contributed by atoms with Crippen LogP contribution in [0.5, 0.6) is 0 Å². The molecule has 0 aliphatic heterocycles. The van der Waals surface area contributed by atoms with E-state index in [9.17, 15) is 4.79 Å². The molecule has 0 saturated carbocycles. The molecule has 4 aromatic carbocycles. The monoisotopic (exact) mass is 486 g/mol. The van der Waals surface area contributed by atoms with Gasteiger partial charge in [0.25, 0.3) is 0 Å². The number of nitrogens with zero attached hydrogens (tertiary/aromatic N) is 1. The summed E-state index contributed by atoms with van der Waals surface area (Å²) < 4.78 is 2.34. The first-order chi connectivity index (χ1) is 18.1. The third-order valence-corrected chi connectivity index (χ3v) is 7.36. The van der Waals surface area contributed by atoms with E-state index >= 15 is 0 Å². The number of hydrogen-bond acceptors (Lipinski definition) is 1. The average molecular weight is 487 g/mol. The Morgan fingerprint density at radius 2 is 1.43 bits per heavy atom. The molecule has 0 aliphatic carbocycles. The van der Waals surface area contributed by atoms with Gasteiger partial charge >= 0.3 is 0 Å². The van der Waals surface area contributed by atoms with Crippen molar-refractivity contribution in [2.75, 3.05) is 0 Å². The molecule has 186 valence electrons. The maximum absolute atomic E-state index is 13.3. The molecule has 3 nitrogen and oxygen atoms in total. The van der Waals surface area contributed by atoms with Crippen molar-refractivity contribution in [2.24, 2.45) is 0 Å². The molecule has 0 bridgehead atoms. The van der Waals surface area contributed by atoms with E-state index < -0.39 is 0 Å². The molecule has 5 rings (SSSR count). The quantitative estimate of drug-likeness (QED) is 0.229. The lowest BCUT2D eigenvalue weighted by molar-refractivity contribution is -0.121. The minimum absolute atomic E-state index is 0.0438. The normalized spacial score (nSPS) is 12.8. The van der Waals surface area contributed by atoms with Crippen molar-refractivity contribution in [2.45, 2.75) is 45.2 Å². The average Bonchev–Trinajstić information content (AvgIpc) is 3.30. The van der Waals surface area contributed by atoms with Crippen LogP contribution in [-0.4, -0.2) is 10.5 Å². The summed E-state index contributed by atoms with van der Waals surface area (Å²) in [6.07, 6.45) is 2.71. The molecule has 0 aliphatic rings. The van der Waals surface area contributed by atoms with Crippen LogP contribution in [0.25, 0.3) is 10.9 Å². The smallest absolute Gasteiger partial charge is 0.220 e. The van der Waals surface area contributed by atoms with Crippen molar-refractivity contribution < 1.29 is 4.79 Å². The molecule has 0 fully saturated rings. The lowest BCUT2D eigenvalue weighted by Crippen LogP contribution is -2.26. The van der Waals surface area contributed by atoms with Gasteiger partial charge in [-0.25, -0.2) is 0 Å². The fourth-order valence-corrected chi connectivity index (χ4v) is 5.21. The number of carbonyl (C=O) groups excluding carboxylic acids is 1. The van der Waals surface area contributed by atoms with E-state index in [0.29, 0.717) is 13.0 Å². The van der Waals surface area contributed by atoms with E-state index in [1.165, 1.54) is 33.2 Å². The number of nitrogens with one attached hydrogen (secondary N) is 1. The molecule has 37 heavy (non-hydrogen) atoms. The second-order valence-corrected chi connectivity index (χ2v) is 9.99. The highest BCUT2D eigenvalue weighted by molar-refractivity contribution is 5.86. The first-order valence-corrected chi connectivity index (χ1v) is 13.1. The Labute approximate surface area is 219 Å². The number of aryl methyl sites for hydroxylation is 1. The third-order valence-electron chi connectivity index (χ3n) is 7.36. The third kappa shape index (κ3) is 5.83. The zero-order chi connectivity index (χ0) is 25.6. The number of hydrogen-bond donors (Lipinski definition) is 1. The van der Waals surface area contributed by atoms with Crippen molar-refractivity contribution >= 4 is 16.8 Å². The zero-order valence-electron chi connectivity index (χ0n) is 21.6. The number of rotatable bonds is 9. The Bertz CT molecular complexity index is 1450. The minimum atomic E-state index is 0.0438. The first-order valence-electron chi connectivity index (χ1n) is 13.1. The van der Waals surface area contributed by atoms with E-state index in [0.717, 1.165) is 12.1 Å². The molecule has 5 aromatic rings. The van der Waals surface area contributed by atoms with Crippen LogP contribution in [0.15, 0.2) is 115 Å². The Balaban J connectivity index is 1.48. The van der Waals surface area contributed by atoms with Gasteiger partial charge in [0.2, 0.25) is 5.91 Å². The summed E-state index contributed by atoms with van der Waals surface area (Å²) in [7, 11) is 0. The summed E-state index contributed by atoms with van der Waals surface area (Å²) in [4.78, 5) is 13.3. The summed E-state index contributed by atoms with van der Waals surface area (Å²) >= 11 is 0. The van der Waals surface area contributed by atoms with E-state index in [1.807, 2.05) is 36.4 Å². The maximum atomic E-state index is 13.3. The van der Waals surface area contributed by atoms with Crippen LogP contribution in [0.4, 0.5) is 0 Å². The van der Waals surface area contributed by atoms with Crippen LogP contribution in [0.3, 0.4) is 0 Å². The molecule has 1 heterocycles. The van der Waals surface area contributed by atoms with Gasteiger partial charge < -0.3 is 9.88 Å². The van der Waals surface area contributed by atoms with E-state index in [4.69, 9.17) is 0 Å². The zero-order valence-corrected chi connectivity index (χ0v) is 21.6. The number of aromatic nitrogens is 1. The van der Waals surface area contributed by atoms with Gasteiger partial charge in [0.05, 0.1) is 0 Å². The van der Waals surface area contributed by atoms with Crippen LogP contribution < -0.4 is 5.32 Å². The SMILES string of the molecule is Cc1ccc(Cn2cc([C@@H](CC(=O)NCc3ccccc3)[C@@H](C)c3ccccc3)c3ccccc32)cc1. The first kappa shape index (κ1) is 24.6. The Morgan fingerprint density at radius 3 is 2.16 bits per heavy atom. The van der Waals surface area contributed by atoms with Gasteiger partial charge in [-0.05, 0) is 41.2 Å². The number of benzene rings is 4. The molecule has 2 atom stereocenters. The van der Waals surface area contributed by atoms with Crippen molar-refractivity contribution in [1.29, 1.82) is 0 Å². The van der Waals surface area contributed by atoms with Crippen LogP contribution in [-0.2, 0) is 17.9 Å². The van der Waals surface area contributed by atoms with Gasteiger partial charge in [0, 0.05) is 42.5 Å². The number of carbonyl (C=O) groups is 1. The van der Waals surface area contributed by atoms with Crippen LogP contribution in [0.1, 0.15) is 53.0 Å². The highest BCUT2D eigenvalue weighted by Gasteiger charge is 2.27. The summed E-state index contributed by atoms with van der Waals surface area (Å²) in [6.45, 7) is 5.71. The lowest BCUT2D eigenvalue weighted by Gasteiger charge is -2.24. The molecule has 0 radical (unpaired) electrons. The van der Waals surface area contributed by atoms with Crippen LogP contribution in [0, 0.1) is 6.92 Å². The molecular weight excluding hydrogens is 452 g/mol. The van der Waals surface area contributed by atoms with E-state index in [2.05, 4.69) is 103 Å². The van der Waals surface area contributed by atoms with Gasteiger partial charge in [0.15, 0.2) is 0 Å². The van der Waals surface area contributed by atoms with Gasteiger partial charge in [-0.3, -0.25) is 4.79 Å². The molecular formula is C34H34N2O. The summed E-state index contributed by atoms with van der Waals surface area (Å²) in [5, 5.41) is 4.38. The van der Waals surface area contributed by atoms with Crippen molar-refractivity contribution in [3.63, 3.8) is 0 Å². The maximum Gasteiger partial charge on any atom is 0.220 e. The summed E-state index contributed by atoms with van der Waals surface area (Å²) in [6, 6.07) is 38.0. The predicted molar refractivity (Wildman–Crippen MR) is 153 cm³/mol. The molecule has 1 amide bonds. The van der Waals surface area contributed by atoms with Crippen molar-refractivity contribution in [1.82, 2.24) is 9.88 Å². The number of fused-ring (bicyclic) bond motifs is 1. The minimum Gasteiger partial charge on any atom is -0.352 e. The fraction of sp³-hybridized carbons (Fsp3) is 0.206. The number of para-hydroxylation sites is 1. The lowest BCUT2D eigenvalue weighted by atomic mass is 9.80. The second-order valence-electron chi connectivity index (χ2n) is 9.99. The van der Waals surface area contributed by atoms with Crippen LogP contribution >= 0.6 is 0 Å². The molecule has 0 spiro atoms. The predicted octanol–water partition coefficient (Wildman–Crippen LogP) is 7.59. The Kier molecular flexibility index (Phi) is 7.51. The number of amides is 1. The van der Waals surface area contributed by atoms with Crippen molar-refractivity contribution in [3.8, 4) is 0 Å². The van der Waals surface area contributed by atoms with Crippen LogP contribution in [0.2, 0.25) is 0 Å². The molecule has 0 saturated heterocycles. The van der Waals surface area contributed by atoms with Gasteiger partial charge in [-0.1, -0.05) is 116 Å². The topological polar surface area (TPSA) is 34.0 Å². The molecule has 3 heteroatoms. The molecule has 1 N–H and O–H groups in total. The largest absolute Gasteiger partial charge is 0.352 e. The van der Waals surface area contributed by atoms with Gasteiger partial charge in [-0.15, -0.1) is 0 Å². The van der Waals surface area contributed by atoms with Gasteiger partial charge in [0.1, 0.15) is 0 Å². The van der Waals surface area contributed by atoms with Crippen molar-refractivity contribution in [3.05, 3.63) is 143 Å². The summed E-state index contributed by atoms with van der Waals surface area (Å²) in [5.41, 5.74) is 7.32. The summed E-state index contributed by atoms with van der Waals surface area (Å²) in [5.74, 6) is 0.302. The van der Waals surface area contributed by atoms with E-state index in [1.54, 1.807) is 0 Å². The van der Waals surface area contributed by atoms with Gasteiger partial charge in [-0.2, -0.15) is 0 Å².